The summed E-state index contributed by atoms with van der Waals surface area (Å²) < 4.78 is 1.76. The molecule has 1 aliphatic heterocycles. The van der Waals surface area contributed by atoms with Gasteiger partial charge in [-0.2, -0.15) is 5.10 Å². The van der Waals surface area contributed by atoms with Gasteiger partial charge in [-0.25, -0.2) is 4.68 Å². The first-order valence-corrected chi connectivity index (χ1v) is 10.8. The number of benzene rings is 1. The molecule has 1 aliphatic rings. The Labute approximate surface area is 182 Å². The van der Waals surface area contributed by atoms with E-state index in [1.807, 2.05) is 54.3 Å². The molecule has 31 heavy (non-hydrogen) atoms. The normalized spacial score (nSPS) is 16.2. The van der Waals surface area contributed by atoms with E-state index in [9.17, 15) is 9.59 Å². The van der Waals surface area contributed by atoms with Crippen molar-refractivity contribution in [2.45, 2.75) is 32.1 Å². The van der Waals surface area contributed by atoms with Crippen LogP contribution in [0, 0.1) is 0 Å². The lowest BCUT2D eigenvalue weighted by Crippen LogP contribution is -2.40. The summed E-state index contributed by atoms with van der Waals surface area (Å²) >= 11 is 0. The lowest BCUT2D eigenvalue weighted by Gasteiger charge is -2.32. The molecule has 1 aromatic carbocycles. The fraction of sp³-hybridized carbons (Fsp3) is 0.333. The van der Waals surface area contributed by atoms with E-state index >= 15 is 0 Å². The van der Waals surface area contributed by atoms with Crippen molar-refractivity contribution in [3.05, 3.63) is 77.9 Å². The first-order chi connectivity index (χ1) is 15.2. The third-order valence-corrected chi connectivity index (χ3v) is 5.58. The van der Waals surface area contributed by atoms with Crippen molar-refractivity contribution in [2.75, 3.05) is 19.6 Å². The van der Waals surface area contributed by atoms with Crippen molar-refractivity contribution in [1.29, 1.82) is 0 Å². The zero-order valence-corrected chi connectivity index (χ0v) is 17.7. The summed E-state index contributed by atoms with van der Waals surface area (Å²) in [6.45, 7) is 3.75. The van der Waals surface area contributed by atoms with E-state index < -0.39 is 0 Å². The number of hydrogen-bond acceptors (Lipinski definition) is 4. The highest BCUT2D eigenvalue weighted by atomic mass is 16.2. The van der Waals surface area contributed by atoms with Gasteiger partial charge in [0.15, 0.2) is 0 Å². The molecule has 3 aromatic rings. The quantitative estimate of drug-likeness (QED) is 0.669. The maximum absolute atomic E-state index is 12.9. The number of carbonyl (C=O) groups excluding carboxylic acids is 2. The number of carbonyl (C=O) groups is 2. The molecule has 0 aliphatic carbocycles. The number of para-hydroxylation sites is 1. The van der Waals surface area contributed by atoms with Crippen LogP contribution in [0.1, 0.15) is 47.3 Å². The highest BCUT2D eigenvalue weighted by Gasteiger charge is 2.30. The van der Waals surface area contributed by atoms with Gasteiger partial charge in [0.25, 0.3) is 5.91 Å². The van der Waals surface area contributed by atoms with Gasteiger partial charge < -0.3 is 10.2 Å². The highest BCUT2D eigenvalue weighted by molar-refractivity contribution is 5.95. The molecule has 160 valence electrons. The van der Waals surface area contributed by atoms with Gasteiger partial charge in [0.1, 0.15) is 0 Å². The molecule has 2 amide bonds. The number of amides is 2. The Morgan fingerprint density at radius 2 is 2.00 bits per heavy atom. The minimum Gasteiger partial charge on any atom is -0.352 e. The molecule has 0 radical (unpaired) electrons. The Kier molecular flexibility index (Phi) is 6.40. The Balaban J connectivity index is 1.57. The number of nitrogens with zero attached hydrogens (tertiary/aromatic N) is 4. The summed E-state index contributed by atoms with van der Waals surface area (Å²) in [4.78, 5) is 31.6. The monoisotopic (exact) mass is 417 g/mol. The Morgan fingerprint density at radius 1 is 1.16 bits per heavy atom. The van der Waals surface area contributed by atoms with E-state index in [0.717, 1.165) is 36.3 Å². The number of pyridine rings is 1. The predicted molar refractivity (Wildman–Crippen MR) is 118 cm³/mol. The number of piperidine rings is 1. The molecule has 3 heterocycles. The predicted octanol–water partition coefficient (Wildman–Crippen LogP) is 2.97. The zero-order chi connectivity index (χ0) is 21.6. The fourth-order valence-electron chi connectivity index (χ4n) is 4.05. The molecule has 2 aromatic heterocycles. The van der Waals surface area contributed by atoms with Crippen molar-refractivity contribution in [2.24, 2.45) is 0 Å². The summed E-state index contributed by atoms with van der Waals surface area (Å²) in [6.07, 6.45) is 7.35. The molecule has 7 nitrogen and oxygen atoms in total. The van der Waals surface area contributed by atoms with Crippen LogP contribution >= 0.6 is 0 Å². The van der Waals surface area contributed by atoms with E-state index in [-0.39, 0.29) is 17.7 Å². The van der Waals surface area contributed by atoms with E-state index in [4.69, 9.17) is 5.10 Å². The number of nitrogens with one attached hydrogen (secondary N) is 1. The van der Waals surface area contributed by atoms with Gasteiger partial charge in [-0.15, -0.1) is 0 Å². The molecular weight excluding hydrogens is 390 g/mol. The van der Waals surface area contributed by atoms with Crippen LogP contribution in [0.3, 0.4) is 0 Å². The lowest BCUT2D eigenvalue weighted by atomic mass is 9.92. The van der Waals surface area contributed by atoms with Crippen molar-refractivity contribution < 1.29 is 9.59 Å². The molecule has 0 saturated carbocycles. The maximum Gasteiger partial charge on any atom is 0.254 e. The molecule has 7 heteroatoms. The van der Waals surface area contributed by atoms with Crippen molar-refractivity contribution in [3.8, 4) is 5.69 Å². The van der Waals surface area contributed by atoms with Crippen LogP contribution in [-0.2, 0) is 11.2 Å². The first-order valence-electron chi connectivity index (χ1n) is 10.8. The number of hydrogen-bond donors (Lipinski definition) is 1. The Hall–Kier alpha value is -3.48. The summed E-state index contributed by atoms with van der Waals surface area (Å²) in [5, 5.41) is 7.69. The SMILES string of the molecule is CCNC(=O)c1cn(-c2ccccc2)nc1[C@@H]1CCCN(C(=O)Cc2cccnc2)C1. The third kappa shape index (κ3) is 4.82. The second-order valence-electron chi connectivity index (χ2n) is 7.78. The van der Waals surface area contributed by atoms with Crippen LogP contribution in [0.2, 0.25) is 0 Å². The summed E-state index contributed by atoms with van der Waals surface area (Å²) in [7, 11) is 0. The average molecular weight is 418 g/mol. The Bertz CT molecular complexity index is 1030. The molecule has 1 N–H and O–H groups in total. The lowest BCUT2D eigenvalue weighted by molar-refractivity contribution is -0.131. The van der Waals surface area contributed by atoms with Crippen LogP contribution < -0.4 is 5.32 Å². The van der Waals surface area contributed by atoms with E-state index in [1.165, 1.54) is 0 Å². The van der Waals surface area contributed by atoms with Gasteiger partial charge >= 0.3 is 0 Å². The van der Waals surface area contributed by atoms with Crippen molar-refractivity contribution in [3.63, 3.8) is 0 Å². The molecule has 0 bridgehead atoms. The maximum atomic E-state index is 12.9. The van der Waals surface area contributed by atoms with Gasteiger partial charge in [0.05, 0.1) is 23.4 Å². The third-order valence-electron chi connectivity index (χ3n) is 5.58. The number of rotatable bonds is 6. The second-order valence-corrected chi connectivity index (χ2v) is 7.78. The summed E-state index contributed by atoms with van der Waals surface area (Å²) in [6, 6.07) is 13.5. The molecule has 4 rings (SSSR count). The topological polar surface area (TPSA) is 80.1 Å². The standard InChI is InChI=1S/C24H27N5O2/c1-2-26-24(31)21-17-29(20-10-4-3-5-11-20)27-23(21)19-9-7-13-28(16-19)22(30)14-18-8-6-12-25-15-18/h3-6,8,10-12,15,17,19H,2,7,9,13-14,16H2,1H3,(H,26,31)/t19-/m1/s1. The molecule has 1 fully saturated rings. The number of aromatic nitrogens is 3. The van der Waals surface area contributed by atoms with E-state index in [0.29, 0.717) is 25.1 Å². The van der Waals surface area contributed by atoms with Gasteiger partial charge in [-0.05, 0) is 43.5 Å². The summed E-state index contributed by atoms with van der Waals surface area (Å²) in [5.74, 6) is -0.0209. The van der Waals surface area contributed by atoms with Crippen molar-refractivity contribution in [1.82, 2.24) is 25.0 Å². The fourth-order valence-corrected chi connectivity index (χ4v) is 4.05. The largest absolute Gasteiger partial charge is 0.352 e. The highest BCUT2D eigenvalue weighted by Crippen LogP contribution is 2.29. The summed E-state index contributed by atoms with van der Waals surface area (Å²) in [5.41, 5.74) is 3.15. The van der Waals surface area contributed by atoms with E-state index in [2.05, 4.69) is 10.3 Å². The van der Waals surface area contributed by atoms with Crippen molar-refractivity contribution >= 4 is 11.8 Å². The molecule has 0 unspecified atom stereocenters. The van der Waals surface area contributed by atoms with Crippen LogP contribution in [0.4, 0.5) is 0 Å². The van der Waals surface area contributed by atoms with Gasteiger partial charge in [0, 0.05) is 44.1 Å². The Morgan fingerprint density at radius 3 is 2.74 bits per heavy atom. The average Bonchev–Trinajstić information content (AvgIpc) is 3.26. The molecule has 1 atom stereocenters. The molecule has 0 spiro atoms. The second kappa shape index (κ2) is 9.55. The molecular formula is C24H27N5O2. The van der Waals surface area contributed by atoms with Crippen LogP contribution in [0.5, 0.6) is 0 Å². The van der Waals surface area contributed by atoms with Gasteiger partial charge in [-0.3, -0.25) is 14.6 Å². The van der Waals surface area contributed by atoms with E-state index in [1.54, 1.807) is 23.3 Å². The van der Waals surface area contributed by atoms with Gasteiger partial charge in [-0.1, -0.05) is 24.3 Å². The minimum atomic E-state index is -0.126. The zero-order valence-electron chi connectivity index (χ0n) is 17.7. The first kappa shape index (κ1) is 20.8. The van der Waals surface area contributed by atoms with Crippen LogP contribution in [-0.4, -0.2) is 51.1 Å². The van der Waals surface area contributed by atoms with Crippen LogP contribution in [0.15, 0.2) is 61.1 Å². The van der Waals surface area contributed by atoms with Crippen LogP contribution in [0.25, 0.3) is 5.69 Å². The smallest absolute Gasteiger partial charge is 0.254 e. The molecule has 1 saturated heterocycles. The van der Waals surface area contributed by atoms with Gasteiger partial charge in [0.2, 0.25) is 5.91 Å². The number of likely N-dealkylation sites (tertiary alicyclic amines) is 1. The minimum absolute atomic E-state index is 0.0224.